The van der Waals surface area contributed by atoms with Crippen molar-refractivity contribution in [1.82, 2.24) is 9.78 Å². The van der Waals surface area contributed by atoms with Crippen LogP contribution in [0.2, 0.25) is 0 Å². The van der Waals surface area contributed by atoms with Gasteiger partial charge in [0.2, 0.25) is 0 Å². The van der Waals surface area contributed by atoms with Gasteiger partial charge in [-0.15, -0.1) is 0 Å². The summed E-state index contributed by atoms with van der Waals surface area (Å²) in [6.07, 6.45) is 5.95. The summed E-state index contributed by atoms with van der Waals surface area (Å²) in [7, 11) is 0. The molecule has 0 amide bonds. The van der Waals surface area contributed by atoms with Gasteiger partial charge in [0.1, 0.15) is 6.54 Å². The highest BCUT2D eigenvalue weighted by Gasteiger charge is 2.40. The average Bonchev–Trinajstić information content (AvgIpc) is 2.65. The summed E-state index contributed by atoms with van der Waals surface area (Å²) in [5, 5.41) is 12.7. The number of carboxylic acids is 1. The fourth-order valence-corrected chi connectivity index (χ4v) is 2.38. The third-order valence-electron chi connectivity index (χ3n) is 3.83. The van der Waals surface area contributed by atoms with E-state index in [0.29, 0.717) is 5.41 Å². The smallest absolute Gasteiger partial charge is 0.325 e. The highest BCUT2D eigenvalue weighted by Crippen LogP contribution is 2.39. The summed E-state index contributed by atoms with van der Waals surface area (Å²) in [5.74, 6) is -0.861. The number of nitrogens with zero attached hydrogens (tertiary/aromatic N) is 3. The second kappa shape index (κ2) is 4.39. The molecule has 0 bridgehead atoms. The van der Waals surface area contributed by atoms with Crippen LogP contribution in [0.15, 0.2) is 12.4 Å². The third kappa shape index (κ3) is 2.28. The number of carbonyl (C=O) groups is 1. The monoisotopic (exact) mass is 237 g/mol. The second-order valence-electron chi connectivity index (χ2n) is 4.85. The molecule has 0 radical (unpaired) electrons. The Balaban J connectivity index is 1.97. The molecular weight excluding hydrogens is 218 g/mol. The van der Waals surface area contributed by atoms with Gasteiger partial charge in [-0.1, -0.05) is 13.8 Å². The molecule has 1 fully saturated rings. The summed E-state index contributed by atoms with van der Waals surface area (Å²) in [4.78, 5) is 12.8. The Kier molecular flexibility index (Phi) is 3.09. The van der Waals surface area contributed by atoms with E-state index < -0.39 is 5.97 Å². The highest BCUT2D eigenvalue weighted by molar-refractivity contribution is 5.66. The molecule has 0 spiro atoms. The highest BCUT2D eigenvalue weighted by atomic mass is 16.4. The van der Waals surface area contributed by atoms with Gasteiger partial charge in [-0.05, 0) is 12.8 Å². The van der Waals surface area contributed by atoms with Crippen molar-refractivity contribution >= 4 is 11.7 Å². The summed E-state index contributed by atoms with van der Waals surface area (Å²) in [6, 6.07) is 0. The van der Waals surface area contributed by atoms with Crippen molar-refractivity contribution in [2.45, 2.75) is 33.2 Å². The Labute approximate surface area is 101 Å². The molecule has 1 aromatic heterocycles. The molecule has 5 heteroatoms. The lowest BCUT2D eigenvalue weighted by Gasteiger charge is -2.50. The number of rotatable bonds is 5. The Bertz CT molecular complexity index is 402. The van der Waals surface area contributed by atoms with E-state index in [2.05, 4.69) is 23.8 Å². The van der Waals surface area contributed by atoms with Gasteiger partial charge < -0.3 is 10.0 Å². The van der Waals surface area contributed by atoms with Gasteiger partial charge in [0.15, 0.2) is 0 Å². The van der Waals surface area contributed by atoms with E-state index >= 15 is 0 Å². The van der Waals surface area contributed by atoms with Crippen LogP contribution in [0.1, 0.15) is 26.7 Å². The molecule has 1 aliphatic rings. The first kappa shape index (κ1) is 12.0. The zero-order valence-electron chi connectivity index (χ0n) is 10.4. The number of carboxylic acid groups (broad SMARTS) is 1. The third-order valence-corrected chi connectivity index (χ3v) is 3.83. The maximum atomic E-state index is 10.6. The standard InChI is InChI=1S/C12H19N3O2/c1-3-12(4-2)8-14(9-12)10-5-13-15(6-10)7-11(16)17/h5-6H,3-4,7-9H2,1-2H3,(H,16,17). The predicted octanol–water partition coefficient (Wildman–Crippen LogP) is 1.59. The molecule has 2 rings (SSSR count). The zero-order chi connectivity index (χ0) is 12.5. The van der Waals surface area contributed by atoms with Gasteiger partial charge in [-0.25, -0.2) is 0 Å². The van der Waals surface area contributed by atoms with E-state index in [9.17, 15) is 4.79 Å². The Morgan fingerprint density at radius 2 is 2.12 bits per heavy atom. The van der Waals surface area contributed by atoms with Gasteiger partial charge in [0.05, 0.1) is 11.9 Å². The molecule has 5 nitrogen and oxygen atoms in total. The van der Waals surface area contributed by atoms with E-state index in [1.807, 2.05) is 6.20 Å². The minimum absolute atomic E-state index is 0.0689. The van der Waals surface area contributed by atoms with Gasteiger partial charge in [0, 0.05) is 24.7 Å². The minimum Gasteiger partial charge on any atom is -0.480 e. The molecule has 94 valence electrons. The molecular formula is C12H19N3O2. The van der Waals surface area contributed by atoms with Crippen LogP contribution in [-0.2, 0) is 11.3 Å². The van der Waals surface area contributed by atoms with E-state index in [0.717, 1.165) is 18.8 Å². The molecule has 1 saturated heterocycles. The fraction of sp³-hybridized carbons (Fsp3) is 0.667. The fourth-order valence-electron chi connectivity index (χ4n) is 2.38. The van der Waals surface area contributed by atoms with Crippen LogP contribution in [0.3, 0.4) is 0 Å². The van der Waals surface area contributed by atoms with Crippen molar-refractivity contribution in [2.24, 2.45) is 5.41 Å². The first-order chi connectivity index (χ1) is 8.08. The van der Waals surface area contributed by atoms with Crippen molar-refractivity contribution in [3.05, 3.63) is 12.4 Å². The van der Waals surface area contributed by atoms with Gasteiger partial charge in [0.25, 0.3) is 0 Å². The summed E-state index contributed by atoms with van der Waals surface area (Å²) >= 11 is 0. The molecule has 0 atom stereocenters. The van der Waals surface area contributed by atoms with Crippen molar-refractivity contribution < 1.29 is 9.90 Å². The van der Waals surface area contributed by atoms with Crippen LogP contribution in [0.5, 0.6) is 0 Å². The lowest BCUT2D eigenvalue weighted by molar-refractivity contribution is -0.137. The SMILES string of the molecule is CCC1(CC)CN(c2cnn(CC(=O)O)c2)C1. The largest absolute Gasteiger partial charge is 0.480 e. The Morgan fingerprint density at radius 1 is 1.47 bits per heavy atom. The van der Waals surface area contributed by atoms with Crippen LogP contribution in [0, 0.1) is 5.41 Å². The van der Waals surface area contributed by atoms with Crippen molar-refractivity contribution in [3.63, 3.8) is 0 Å². The van der Waals surface area contributed by atoms with E-state index in [-0.39, 0.29) is 6.54 Å². The normalized spacial score (nSPS) is 17.9. The van der Waals surface area contributed by atoms with Gasteiger partial charge in [-0.3, -0.25) is 9.48 Å². The minimum atomic E-state index is -0.861. The molecule has 0 saturated carbocycles. The Hall–Kier alpha value is -1.52. The van der Waals surface area contributed by atoms with Crippen LogP contribution >= 0.6 is 0 Å². The summed E-state index contributed by atoms with van der Waals surface area (Å²) < 4.78 is 1.47. The number of hydrogen-bond acceptors (Lipinski definition) is 3. The summed E-state index contributed by atoms with van der Waals surface area (Å²) in [5.41, 5.74) is 1.48. The van der Waals surface area contributed by atoms with E-state index in [4.69, 9.17) is 5.11 Å². The van der Waals surface area contributed by atoms with Crippen LogP contribution in [0.4, 0.5) is 5.69 Å². The number of anilines is 1. The van der Waals surface area contributed by atoms with Crippen molar-refractivity contribution in [2.75, 3.05) is 18.0 Å². The van der Waals surface area contributed by atoms with Crippen molar-refractivity contribution in [3.8, 4) is 0 Å². The maximum Gasteiger partial charge on any atom is 0.325 e. The molecule has 1 N–H and O–H groups in total. The first-order valence-electron chi connectivity index (χ1n) is 6.08. The predicted molar refractivity (Wildman–Crippen MR) is 65.1 cm³/mol. The molecule has 1 aliphatic heterocycles. The van der Waals surface area contributed by atoms with Crippen LogP contribution in [-0.4, -0.2) is 33.9 Å². The molecule has 0 unspecified atom stereocenters. The summed E-state index contributed by atoms with van der Waals surface area (Å²) in [6.45, 7) is 6.50. The molecule has 2 heterocycles. The Morgan fingerprint density at radius 3 is 2.65 bits per heavy atom. The van der Waals surface area contributed by atoms with Gasteiger partial charge in [-0.2, -0.15) is 5.10 Å². The zero-order valence-corrected chi connectivity index (χ0v) is 10.4. The second-order valence-corrected chi connectivity index (χ2v) is 4.85. The maximum absolute atomic E-state index is 10.6. The lowest BCUT2D eigenvalue weighted by Crippen LogP contribution is -2.55. The number of aromatic nitrogens is 2. The van der Waals surface area contributed by atoms with Gasteiger partial charge >= 0.3 is 5.97 Å². The lowest BCUT2D eigenvalue weighted by atomic mass is 9.75. The van der Waals surface area contributed by atoms with Crippen molar-refractivity contribution in [1.29, 1.82) is 0 Å². The van der Waals surface area contributed by atoms with E-state index in [1.54, 1.807) is 6.20 Å². The molecule has 17 heavy (non-hydrogen) atoms. The van der Waals surface area contributed by atoms with Crippen LogP contribution < -0.4 is 4.90 Å². The number of aliphatic carboxylic acids is 1. The molecule has 0 aliphatic carbocycles. The quantitative estimate of drug-likeness (QED) is 0.845. The average molecular weight is 237 g/mol. The number of hydrogen-bond donors (Lipinski definition) is 1. The molecule has 1 aromatic rings. The topological polar surface area (TPSA) is 58.4 Å². The van der Waals surface area contributed by atoms with E-state index in [1.165, 1.54) is 17.5 Å². The molecule has 0 aromatic carbocycles. The first-order valence-corrected chi connectivity index (χ1v) is 6.08. The van der Waals surface area contributed by atoms with Crippen LogP contribution in [0.25, 0.3) is 0 Å².